The van der Waals surface area contributed by atoms with E-state index in [4.69, 9.17) is 17.0 Å². The Hall–Kier alpha value is -1.13. The minimum Gasteiger partial charge on any atom is -0.376 e. The van der Waals surface area contributed by atoms with Crippen LogP contribution in [0.2, 0.25) is 0 Å². The number of benzene rings is 1. The second-order valence-corrected chi connectivity index (χ2v) is 5.36. The first-order valence-electron chi connectivity index (χ1n) is 6.97. The molecule has 104 valence electrons. The van der Waals surface area contributed by atoms with E-state index in [-0.39, 0.29) is 12.1 Å². The van der Waals surface area contributed by atoms with Crippen molar-refractivity contribution in [3.05, 3.63) is 29.8 Å². The SMILES string of the molecule is CCc1ccccc1NC(=S)NC(C)C1CCCO1. The van der Waals surface area contributed by atoms with Gasteiger partial charge in [-0.3, -0.25) is 0 Å². The van der Waals surface area contributed by atoms with E-state index in [1.54, 1.807) is 0 Å². The van der Waals surface area contributed by atoms with E-state index in [1.165, 1.54) is 5.56 Å². The van der Waals surface area contributed by atoms with Crippen molar-refractivity contribution in [2.45, 2.75) is 45.3 Å². The third kappa shape index (κ3) is 3.91. The van der Waals surface area contributed by atoms with Crippen LogP contribution in [0.3, 0.4) is 0 Å². The molecule has 0 saturated carbocycles. The average Bonchev–Trinajstić information content (AvgIpc) is 2.93. The first-order chi connectivity index (χ1) is 9.20. The van der Waals surface area contributed by atoms with E-state index in [9.17, 15) is 0 Å². The maximum absolute atomic E-state index is 5.66. The van der Waals surface area contributed by atoms with Crippen LogP contribution in [0.1, 0.15) is 32.3 Å². The second kappa shape index (κ2) is 6.87. The molecule has 3 nitrogen and oxygen atoms in total. The smallest absolute Gasteiger partial charge is 0.171 e. The summed E-state index contributed by atoms with van der Waals surface area (Å²) < 4.78 is 5.66. The van der Waals surface area contributed by atoms with Crippen molar-refractivity contribution in [1.29, 1.82) is 0 Å². The summed E-state index contributed by atoms with van der Waals surface area (Å²) in [6, 6.07) is 8.50. The predicted octanol–water partition coefficient (Wildman–Crippen LogP) is 3.10. The summed E-state index contributed by atoms with van der Waals surface area (Å²) in [6.07, 6.45) is 3.53. The molecule has 0 amide bonds. The monoisotopic (exact) mass is 278 g/mol. The van der Waals surface area contributed by atoms with Gasteiger partial charge in [0.15, 0.2) is 5.11 Å². The molecule has 4 heteroatoms. The van der Waals surface area contributed by atoms with E-state index in [0.717, 1.165) is 31.6 Å². The molecule has 19 heavy (non-hydrogen) atoms. The van der Waals surface area contributed by atoms with E-state index >= 15 is 0 Å². The third-order valence-electron chi connectivity index (χ3n) is 3.53. The van der Waals surface area contributed by atoms with Gasteiger partial charge in [-0.25, -0.2) is 0 Å². The van der Waals surface area contributed by atoms with Crippen molar-refractivity contribution < 1.29 is 4.74 Å². The Morgan fingerprint density at radius 1 is 1.47 bits per heavy atom. The molecule has 0 spiro atoms. The predicted molar refractivity (Wildman–Crippen MR) is 83.6 cm³/mol. The number of ether oxygens (including phenoxy) is 1. The van der Waals surface area contributed by atoms with Gasteiger partial charge in [0.1, 0.15) is 0 Å². The lowest BCUT2D eigenvalue weighted by molar-refractivity contribution is 0.0895. The van der Waals surface area contributed by atoms with Gasteiger partial charge in [0.2, 0.25) is 0 Å². The molecule has 2 rings (SSSR count). The maximum atomic E-state index is 5.66. The van der Waals surface area contributed by atoms with Crippen LogP contribution < -0.4 is 10.6 Å². The zero-order chi connectivity index (χ0) is 13.7. The van der Waals surface area contributed by atoms with Crippen molar-refractivity contribution in [1.82, 2.24) is 5.32 Å². The Balaban J connectivity index is 1.89. The molecule has 2 atom stereocenters. The minimum atomic E-state index is 0.247. The lowest BCUT2D eigenvalue weighted by atomic mass is 10.1. The maximum Gasteiger partial charge on any atom is 0.171 e. The molecule has 0 bridgehead atoms. The number of anilines is 1. The summed E-state index contributed by atoms with van der Waals surface area (Å²) in [5.74, 6) is 0. The number of nitrogens with one attached hydrogen (secondary N) is 2. The molecule has 1 aromatic rings. The van der Waals surface area contributed by atoms with Gasteiger partial charge in [0, 0.05) is 12.3 Å². The fourth-order valence-electron chi connectivity index (χ4n) is 2.41. The van der Waals surface area contributed by atoms with Crippen LogP contribution in [0.15, 0.2) is 24.3 Å². The Kier molecular flexibility index (Phi) is 5.16. The summed E-state index contributed by atoms with van der Waals surface area (Å²) in [6.45, 7) is 5.14. The Morgan fingerprint density at radius 2 is 2.26 bits per heavy atom. The summed E-state index contributed by atoms with van der Waals surface area (Å²) in [5, 5.41) is 7.27. The zero-order valence-corrected chi connectivity index (χ0v) is 12.4. The van der Waals surface area contributed by atoms with Crippen LogP contribution in [0.4, 0.5) is 5.69 Å². The molecule has 0 aromatic heterocycles. The number of rotatable bonds is 4. The number of aryl methyl sites for hydroxylation is 1. The number of para-hydroxylation sites is 1. The molecule has 1 fully saturated rings. The molecule has 1 aliphatic rings. The molecule has 0 aliphatic carbocycles. The highest BCUT2D eigenvalue weighted by atomic mass is 32.1. The molecule has 1 aromatic carbocycles. The largest absolute Gasteiger partial charge is 0.376 e. The first kappa shape index (κ1) is 14.3. The Morgan fingerprint density at radius 3 is 2.95 bits per heavy atom. The van der Waals surface area contributed by atoms with Crippen LogP contribution in [-0.2, 0) is 11.2 Å². The fraction of sp³-hybridized carbons (Fsp3) is 0.533. The van der Waals surface area contributed by atoms with E-state index in [0.29, 0.717) is 5.11 Å². The Labute approximate surface area is 120 Å². The number of thiocarbonyl (C=S) groups is 1. The summed E-state index contributed by atoms with van der Waals surface area (Å²) >= 11 is 5.38. The summed E-state index contributed by atoms with van der Waals surface area (Å²) in [7, 11) is 0. The van der Waals surface area contributed by atoms with Gasteiger partial charge < -0.3 is 15.4 Å². The zero-order valence-electron chi connectivity index (χ0n) is 11.6. The second-order valence-electron chi connectivity index (χ2n) is 4.95. The van der Waals surface area contributed by atoms with Gasteiger partial charge in [0.05, 0.1) is 12.1 Å². The quantitative estimate of drug-likeness (QED) is 0.829. The van der Waals surface area contributed by atoms with Crippen molar-refractivity contribution in [2.75, 3.05) is 11.9 Å². The molecular formula is C15H22N2OS. The number of hydrogen-bond acceptors (Lipinski definition) is 2. The molecule has 2 N–H and O–H groups in total. The Bertz CT molecular complexity index is 430. The van der Waals surface area contributed by atoms with Gasteiger partial charge in [-0.2, -0.15) is 0 Å². The molecular weight excluding hydrogens is 256 g/mol. The molecule has 1 saturated heterocycles. The lowest BCUT2D eigenvalue weighted by Crippen LogP contribution is -2.42. The fourth-order valence-corrected chi connectivity index (χ4v) is 2.70. The highest BCUT2D eigenvalue weighted by Gasteiger charge is 2.22. The normalized spacial score (nSPS) is 20.0. The van der Waals surface area contributed by atoms with Crippen molar-refractivity contribution in [3.8, 4) is 0 Å². The van der Waals surface area contributed by atoms with Crippen LogP contribution in [0.25, 0.3) is 0 Å². The number of hydrogen-bond donors (Lipinski definition) is 2. The molecule has 2 unspecified atom stereocenters. The standard InChI is InChI=1S/C15H22N2OS/c1-3-12-7-4-5-8-13(12)17-15(19)16-11(2)14-9-6-10-18-14/h4-5,7-8,11,14H,3,6,9-10H2,1-2H3,(H2,16,17,19). The average molecular weight is 278 g/mol. The van der Waals surface area contributed by atoms with Gasteiger partial charge in [-0.05, 0) is 50.0 Å². The lowest BCUT2D eigenvalue weighted by Gasteiger charge is -2.22. The topological polar surface area (TPSA) is 33.3 Å². The third-order valence-corrected chi connectivity index (χ3v) is 3.75. The van der Waals surface area contributed by atoms with E-state index in [1.807, 2.05) is 6.07 Å². The van der Waals surface area contributed by atoms with Crippen molar-refractivity contribution in [2.24, 2.45) is 0 Å². The van der Waals surface area contributed by atoms with Crippen LogP contribution in [-0.4, -0.2) is 23.9 Å². The molecule has 1 heterocycles. The highest BCUT2D eigenvalue weighted by Crippen LogP contribution is 2.17. The van der Waals surface area contributed by atoms with Gasteiger partial charge in [-0.15, -0.1) is 0 Å². The van der Waals surface area contributed by atoms with Crippen LogP contribution in [0.5, 0.6) is 0 Å². The molecule has 0 radical (unpaired) electrons. The van der Waals surface area contributed by atoms with E-state index in [2.05, 4.69) is 42.7 Å². The van der Waals surface area contributed by atoms with Crippen LogP contribution in [0, 0.1) is 0 Å². The first-order valence-corrected chi connectivity index (χ1v) is 7.38. The minimum absolute atomic E-state index is 0.247. The van der Waals surface area contributed by atoms with Gasteiger partial charge in [0.25, 0.3) is 0 Å². The van der Waals surface area contributed by atoms with Gasteiger partial charge >= 0.3 is 0 Å². The highest BCUT2D eigenvalue weighted by molar-refractivity contribution is 7.80. The molecule has 1 aliphatic heterocycles. The van der Waals surface area contributed by atoms with Crippen molar-refractivity contribution >= 4 is 23.0 Å². The van der Waals surface area contributed by atoms with Crippen LogP contribution >= 0.6 is 12.2 Å². The van der Waals surface area contributed by atoms with Crippen molar-refractivity contribution in [3.63, 3.8) is 0 Å². The van der Waals surface area contributed by atoms with E-state index < -0.39 is 0 Å². The summed E-state index contributed by atoms with van der Waals surface area (Å²) in [5.41, 5.74) is 2.36. The summed E-state index contributed by atoms with van der Waals surface area (Å²) in [4.78, 5) is 0. The van der Waals surface area contributed by atoms with Gasteiger partial charge in [-0.1, -0.05) is 25.1 Å².